The van der Waals surface area contributed by atoms with E-state index < -0.39 is 0 Å². The van der Waals surface area contributed by atoms with Crippen molar-refractivity contribution in [3.63, 3.8) is 0 Å². The predicted octanol–water partition coefficient (Wildman–Crippen LogP) is 3.42. The van der Waals surface area contributed by atoms with Gasteiger partial charge in [0.25, 0.3) is 0 Å². The van der Waals surface area contributed by atoms with Gasteiger partial charge in [0.2, 0.25) is 5.91 Å². The minimum Gasteiger partial charge on any atom is -0.352 e. The number of hydrogen-bond acceptors (Lipinski definition) is 3. The molecule has 4 heteroatoms. The molecule has 2 atom stereocenters. The van der Waals surface area contributed by atoms with Crippen molar-refractivity contribution in [1.82, 2.24) is 5.32 Å². The Morgan fingerprint density at radius 2 is 1.96 bits per heavy atom. The summed E-state index contributed by atoms with van der Waals surface area (Å²) in [6.45, 7) is 4.21. The highest BCUT2D eigenvalue weighted by atomic mass is 32.2. The van der Waals surface area contributed by atoms with Crippen molar-refractivity contribution >= 4 is 17.7 Å². The summed E-state index contributed by atoms with van der Waals surface area (Å²) >= 11 is 1.64. The van der Waals surface area contributed by atoms with Crippen LogP contribution in [0, 0.1) is 25.7 Å². The number of fused-ring (bicyclic) bond motifs is 2. The zero-order chi connectivity index (χ0) is 16.4. The fourth-order valence-electron chi connectivity index (χ4n) is 4.36. The van der Waals surface area contributed by atoms with Crippen LogP contribution in [-0.4, -0.2) is 23.7 Å². The average Bonchev–Trinajstić information content (AvgIpc) is 2.47. The number of thioether (sulfide) groups is 1. The second kappa shape index (κ2) is 7.27. The molecule has 0 aromatic heterocycles. The quantitative estimate of drug-likeness (QED) is 0.831. The van der Waals surface area contributed by atoms with Crippen molar-refractivity contribution in [2.75, 3.05) is 5.75 Å². The number of rotatable bonds is 4. The SMILES string of the molecule is Cc1ccc(SCC(=O)NC2C3CCCC2CC(N)C3)c(C)c1. The van der Waals surface area contributed by atoms with E-state index in [1.165, 1.54) is 35.3 Å². The van der Waals surface area contributed by atoms with Crippen LogP contribution >= 0.6 is 11.8 Å². The van der Waals surface area contributed by atoms with E-state index in [0.717, 1.165) is 12.8 Å². The normalized spacial score (nSPS) is 30.0. The van der Waals surface area contributed by atoms with Crippen molar-refractivity contribution in [3.8, 4) is 0 Å². The molecule has 3 N–H and O–H groups in total. The maximum atomic E-state index is 12.4. The second-order valence-electron chi connectivity index (χ2n) is 7.33. The first kappa shape index (κ1) is 16.8. The Kier molecular flexibility index (Phi) is 5.32. The smallest absolute Gasteiger partial charge is 0.230 e. The lowest BCUT2D eigenvalue weighted by molar-refractivity contribution is -0.120. The van der Waals surface area contributed by atoms with Crippen LogP contribution in [-0.2, 0) is 4.79 Å². The summed E-state index contributed by atoms with van der Waals surface area (Å²) in [4.78, 5) is 13.6. The van der Waals surface area contributed by atoms with E-state index >= 15 is 0 Å². The number of carbonyl (C=O) groups is 1. The van der Waals surface area contributed by atoms with Crippen LogP contribution < -0.4 is 11.1 Å². The molecule has 23 heavy (non-hydrogen) atoms. The number of aryl methyl sites for hydroxylation is 2. The zero-order valence-corrected chi connectivity index (χ0v) is 15.0. The number of benzene rings is 1. The van der Waals surface area contributed by atoms with E-state index in [9.17, 15) is 4.79 Å². The van der Waals surface area contributed by atoms with E-state index in [1.807, 2.05) is 0 Å². The lowest BCUT2D eigenvalue weighted by atomic mass is 9.67. The lowest BCUT2D eigenvalue weighted by Gasteiger charge is -2.45. The largest absolute Gasteiger partial charge is 0.352 e. The van der Waals surface area contributed by atoms with E-state index in [2.05, 4.69) is 37.4 Å². The Bertz CT molecular complexity index is 560. The van der Waals surface area contributed by atoms with Gasteiger partial charge in [-0.1, -0.05) is 24.1 Å². The molecule has 126 valence electrons. The molecular formula is C19H28N2OS. The molecule has 1 aromatic rings. The monoisotopic (exact) mass is 332 g/mol. The average molecular weight is 333 g/mol. The standard InChI is InChI=1S/C19H28N2OS/c1-12-6-7-17(13(2)8-12)23-11-18(22)21-19-14-4-3-5-15(19)10-16(20)9-14/h6-8,14-16,19H,3-5,9-11,20H2,1-2H3,(H,21,22). The molecule has 0 spiro atoms. The van der Waals surface area contributed by atoms with Crippen LogP contribution in [0.4, 0.5) is 0 Å². The molecule has 0 heterocycles. The van der Waals surface area contributed by atoms with Gasteiger partial charge in [0.05, 0.1) is 5.75 Å². The van der Waals surface area contributed by atoms with Gasteiger partial charge in [0, 0.05) is 17.0 Å². The van der Waals surface area contributed by atoms with Crippen LogP contribution in [0.25, 0.3) is 0 Å². The first-order valence-corrected chi connectivity index (χ1v) is 9.76. The van der Waals surface area contributed by atoms with Crippen LogP contribution in [0.1, 0.15) is 43.2 Å². The minimum absolute atomic E-state index is 0.173. The lowest BCUT2D eigenvalue weighted by Crippen LogP contribution is -2.54. The Balaban J connectivity index is 1.55. The van der Waals surface area contributed by atoms with E-state index in [0.29, 0.717) is 29.7 Å². The molecule has 3 rings (SSSR count). The summed E-state index contributed by atoms with van der Waals surface area (Å²) in [6.07, 6.45) is 5.89. The summed E-state index contributed by atoms with van der Waals surface area (Å²) in [5.41, 5.74) is 8.68. The topological polar surface area (TPSA) is 55.1 Å². The third kappa shape index (κ3) is 4.10. The number of carbonyl (C=O) groups excluding carboxylic acids is 1. The van der Waals surface area contributed by atoms with Gasteiger partial charge in [-0.2, -0.15) is 0 Å². The maximum Gasteiger partial charge on any atom is 0.230 e. The maximum absolute atomic E-state index is 12.4. The molecule has 2 fully saturated rings. The van der Waals surface area contributed by atoms with E-state index in [-0.39, 0.29) is 5.91 Å². The summed E-state index contributed by atoms with van der Waals surface area (Å²) in [7, 11) is 0. The number of hydrogen-bond donors (Lipinski definition) is 2. The number of amides is 1. The predicted molar refractivity (Wildman–Crippen MR) is 96.6 cm³/mol. The van der Waals surface area contributed by atoms with Crippen LogP contribution in [0.5, 0.6) is 0 Å². The molecule has 2 bridgehead atoms. The highest BCUT2D eigenvalue weighted by Crippen LogP contribution is 2.39. The highest BCUT2D eigenvalue weighted by molar-refractivity contribution is 8.00. The van der Waals surface area contributed by atoms with Gasteiger partial charge in [-0.15, -0.1) is 11.8 Å². The third-order valence-electron chi connectivity index (χ3n) is 5.39. The van der Waals surface area contributed by atoms with Crippen LogP contribution in [0.15, 0.2) is 23.1 Å². The van der Waals surface area contributed by atoms with Crippen LogP contribution in [0.3, 0.4) is 0 Å². The first-order valence-electron chi connectivity index (χ1n) is 8.78. The van der Waals surface area contributed by atoms with Gasteiger partial charge < -0.3 is 11.1 Å². The Labute approximate surface area is 143 Å². The third-order valence-corrected chi connectivity index (χ3v) is 6.57. The van der Waals surface area contributed by atoms with Gasteiger partial charge in [-0.25, -0.2) is 0 Å². The number of nitrogens with one attached hydrogen (secondary N) is 1. The first-order chi connectivity index (χ1) is 11.0. The number of nitrogens with two attached hydrogens (primary N) is 1. The molecule has 2 aliphatic carbocycles. The molecular weight excluding hydrogens is 304 g/mol. The van der Waals surface area contributed by atoms with E-state index in [4.69, 9.17) is 5.73 Å². The Hall–Kier alpha value is -1.00. The molecule has 2 saturated carbocycles. The fourth-order valence-corrected chi connectivity index (χ4v) is 5.18. The van der Waals surface area contributed by atoms with Crippen molar-refractivity contribution in [1.29, 1.82) is 0 Å². The van der Waals surface area contributed by atoms with Gasteiger partial charge >= 0.3 is 0 Å². The van der Waals surface area contributed by atoms with Gasteiger partial charge in [-0.05, 0) is 63.0 Å². The molecule has 0 radical (unpaired) electrons. The zero-order valence-electron chi connectivity index (χ0n) is 14.2. The fraction of sp³-hybridized carbons (Fsp3) is 0.632. The molecule has 0 saturated heterocycles. The summed E-state index contributed by atoms with van der Waals surface area (Å²) in [5, 5.41) is 3.33. The summed E-state index contributed by atoms with van der Waals surface area (Å²) < 4.78 is 0. The minimum atomic E-state index is 0.173. The molecule has 2 unspecified atom stereocenters. The molecule has 3 nitrogen and oxygen atoms in total. The van der Waals surface area contributed by atoms with Gasteiger partial charge in [-0.3, -0.25) is 4.79 Å². The Morgan fingerprint density at radius 1 is 1.26 bits per heavy atom. The summed E-state index contributed by atoms with van der Waals surface area (Å²) in [6, 6.07) is 7.10. The molecule has 1 aromatic carbocycles. The summed E-state index contributed by atoms with van der Waals surface area (Å²) in [5.74, 6) is 1.86. The van der Waals surface area contributed by atoms with E-state index in [1.54, 1.807) is 11.8 Å². The van der Waals surface area contributed by atoms with Crippen molar-refractivity contribution in [2.24, 2.45) is 17.6 Å². The van der Waals surface area contributed by atoms with Crippen LogP contribution in [0.2, 0.25) is 0 Å². The van der Waals surface area contributed by atoms with Crippen molar-refractivity contribution in [2.45, 2.75) is 62.9 Å². The Morgan fingerprint density at radius 3 is 2.61 bits per heavy atom. The molecule has 0 aliphatic heterocycles. The van der Waals surface area contributed by atoms with Gasteiger partial charge in [0.1, 0.15) is 0 Å². The molecule has 2 aliphatic rings. The highest BCUT2D eigenvalue weighted by Gasteiger charge is 2.39. The van der Waals surface area contributed by atoms with Crippen molar-refractivity contribution in [3.05, 3.63) is 29.3 Å². The van der Waals surface area contributed by atoms with Gasteiger partial charge in [0.15, 0.2) is 0 Å². The second-order valence-corrected chi connectivity index (χ2v) is 8.35. The van der Waals surface area contributed by atoms with Crippen molar-refractivity contribution < 1.29 is 4.79 Å². The molecule has 1 amide bonds.